The third-order valence-corrected chi connectivity index (χ3v) is 3.04. The average Bonchev–Trinajstić information content (AvgIpc) is 2.29. The van der Waals surface area contributed by atoms with E-state index < -0.39 is 17.7 Å². The van der Waals surface area contributed by atoms with Crippen LogP contribution in [0.1, 0.15) is 6.92 Å². The molecule has 0 aliphatic rings. The van der Waals surface area contributed by atoms with Crippen molar-refractivity contribution in [3.63, 3.8) is 0 Å². The maximum absolute atomic E-state index is 13.2. The van der Waals surface area contributed by atoms with Gasteiger partial charge in [-0.25, -0.2) is 13.6 Å². The minimum Gasteiger partial charge on any atom is -0.449 e. The first-order valence-corrected chi connectivity index (χ1v) is 6.10. The molecular formula is C11H12BrF2NO2. The van der Waals surface area contributed by atoms with Crippen molar-refractivity contribution in [2.24, 2.45) is 5.92 Å². The number of amides is 1. The Labute approximate surface area is 106 Å². The second-order valence-electron chi connectivity index (χ2n) is 3.61. The van der Waals surface area contributed by atoms with Crippen LogP contribution in [-0.4, -0.2) is 18.0 Å². The number of hydrogen-bond donors (Lipinski definition) is 1. The standard InChI is InChI=1S/C11H12BrF2NO2/c1-7(5-12)6-17-11(16)15-10-3-2-8(13)4-9(10)14/h2-4,7H,5-6H2,1H3,(H,15,16). The highest BCUT2D eigenvalue weighted by Gasteiger charge is 2.10. The van der Waals surface area contributed by atoms with Crippen LogP contribution >= 0.6 is 15.9 Å². The summed E-state index contributed by atoms with van der Waals surface area (Å²) >= 11 is 3.24. The van der Waals surface area contributed by atoms with Gasteiger partial charge in [0.1, 0.15) is 11.6 Å². The molecule has 0 saturated carbocycles. The van der Waals surface area contributed by atoms with Crippen molar-refractivity contribution < 1.29 is 18.3 Å². The van der Waals surface area contributed by atoms with Gasteiger partial charge in [-0.1, -0.05) is 22.9 Å². The Kier molecular flexibility index (Phi) is 5.34. The number of carbonyl (C=O) groups excluding carboxylic acids is 1. The largest absolute Gasteiger partial charge is 0.449 e. The van der Waals surface area contributed by atoms with Crippen LogP contribution < -0.4 is 5.32 Å². The van der Waals surface area contributed by atoms with Gasteiger partial charge in [0.15, 0.2) is 0 Å². The van der Waals surface area contributed by atoms with Gasteiger partial charge in [-0.05, 0) is 12.1 Å². The molecule has 0 aliphatic heterocycles. The van der Waals surface area contributed by atoms with Gasteiger partial charge < -0.3 is 4.74 Å². The van der Waals surface area contributed by atoms with Crippen molar-refractivity contribution in [2.45, 2.75) is 6.92 Å². The van der Waals surface area contributed by atoms with Gasteiger partial charge in [0.2, 0.25) is 0 Å². The van der Waals surface area contributed by atoms with Crippen LogP contribution in [0.15, 0.2) is 18.2 Å². The fraction of sp³-hybridized carbons (Fsp3) is 0.364. The van der Waals surface area contributed by atoms with Gasteiger partial charge in [-0.3, -0.25) is 5.32 Å². The summed E-state index contributed by atoms with van der Waals surface area (Å²) in [6.07, 6.45) is -0.761. The van der Waals surface area contributed by atoms with E-state index in [2.05, 4.69) is 21.2 Å². The van der Waals surface area contributed by atoms with Crippen molar-refractivity contribution in [1.29, 1.82) is 0 Å². The van der Waals surface area contributed by atoms with E-state index in [9.17, 15) is 13.6 Å². The number of rotatable bonds is 4. The van der Waals surface area contributed by atoms with Crippen LogP contribution in [-0.2, 0) is 4.74 Å². The molecule has 0 spiro atoms. The van der Waals surface area contributed by atoms with Crippen molar-refractivity contribution in [1.82, 2.24) is 0 Å². The van der Waals surface area contributed by atoms with E-state index in [1.54, 1.807) is 0 Å². The Morgan fingerprint density at radius 1 is 1.53 bits per heavy atom. The zero-order valence-electron chi connectivity index (χ0n) is 9.17. The van der Waals surface area contributed by atoms with E-state index in [1.165, 1.54) is 0 Å². The Balaban J connectivity index is 2.50. The van der Waals surface area contributed by atoms with Crippen LogP contribution in [0.5, 0.6) is 0 Å². The molecule has 1 rings (SSSR count). The summed E-state index contributed by atoms with van der Waals surface area (Å²) in [5.74, 6) is -1.37. The average molecular weight is 308 g/mol. The summed E-state index contributed by atoms with van der Waals surface area (Å²) in [6, 6.07) is 2.89. The Morgan fingerprint density at radius 3 is 2.82 bits per heavy atom. The number of nitrogens with one attached hydrogen (secondary N) is 1. The summed E-state index contributed by atoms with van der Waals surface area (Å²) in [5, 5.41) is 2.90. The molecule has 3 nitrogen and oxygen atoms in total. The SMILES string of the molecule is CC(CBr)COC(=O)Nc1ccc(F)cc1F. The first-order chi connectivity index (χ1) is 8.02. The topological polar surface area (TPSA) is 38.3 Å². The second-order valence-corrected chi connectivity index (χ2v) is 4.25. The highest BCUT2D eigenvalue weighted by Crippen LogP contribution is 2.15. The molecule has 0 fully saturated rings. The molecule has 94 valence electrons. The predicted octanol–water partition coefficient (Wildman–Crippen LogP) is 3.54. The van der Waals surface area contributed by atoms with Gasteiger partial charge in [0.25, 0.3) is 0 Å². The molecule has 0 bridgehead atoms. The molecule has 0 saturated heterocycles. The lowest BCUT2D eigenvalue weighted by Crippen LogP contribution is -2.18. The quantitative estimate of drug-likeness (QED) is 0.864. The number of hydrogen-bond acceptors (Lipinski definition) is 2. The Hall–Kier alpha value is -1.17. The highest BCUT2D eigenvalue weighted by atomic mass is 79.9. The molecule has 1 N–H and O–H groups in total. The summed E-state index contributed by atoms with van der Waals surface area (Å²) in [5.41, 5.74) is -0.108. The zero-order valence-corrected chi connectivity index (χ0v) is 10.8. The highest BCUT2D eigenvalue weighted by molar-refractivity contribution is 9.09. The monoisotopic (exact) mass is 307 g/mol. The fourth-order valence-electron chi connectivity index (χ4n) is 0.999. The number of alkyl halides is 1. The molecule has 1 aromatic rings. The van der Waals surface area contributed by atoms with Crippen LogP contribution in [0.4, 0.5) is 19.3 Å². The molecular weight excluding hydrogens is 296 g/mol. The molecule has 1 atom stereocenters. The number of halogens is 3. The van der Waals surface area contributed by atoms with Gasteiger partial charge in [0.05, 0.1) is 12.3 Å². The summed E-state index contributed by atoms with van der Waals surface area (Å²) < 4.78 is 30.6. The van der Waals surface area contributed by atoms with Crippen LogP contribution in [0.2, 0.25) is 0 Å². The molecule has 1 amide bonds. The maximum Gasteiger partial charge on any atom is 0.411 e. The molecule has 0 heterocycles. The smallest absolute Gasteiger partial charge is 0.411 e. The molecule has 1 aromatic carbocycles. The molecule has 0 aliphatic carbocycles. The molecule has 0 aromatic heterocycles. The Morgan fingerprint density at radius 2 is 2.24 bits per heavy atom. The lowest BCUT2D eigenvalue weighted by atomic mass is 10.2. The van der Waals surface area contributed by atoms with E-state index in [4.69, 9.17) is 4.74 Å². The predicted molar refractivity (Wildman–Crippen MR) is 64.3 cm³/mol. The minimum atomic E-state index is -0.838. The van der Waals surface area contributed by atoms with E-state index >= 15 is 0 Å². The first kappa shape index (κ1) is 13.9. The lowest BCUT2D eigenvalue weighted by Gasteiger charge is -2.10. The third kappa shape index (κ3) is 4.68. The summed E-state index contributed by atoms with van der Waals surface area (Å²) in [7, 11) is 0. The van der Waals surface area contributed by atoms with E-state index in [0.29, 0.717) is 11.4 Å². The van der Waals surface area contributed by atoms with Crippen molar-refractivity contribution >= 4 is 27.7 Å². The normalized spacial score (nSPS) is 12.0. The van der Waals surface area contributed by atoms with Crippen molar-refractivity contribution in [3.8, 4) is 0 Å². The van der Waals surface area contributed by atoms with E-state index in [-0.39, 0.29) is 18.2 Å². The second kappa shape index (κ2) is 6.54. The van der Waals surface area contributed by atoms with Crippen LogP contribution in [0.3, 0.4) is 0 Å². The minimum absolute atomic E-state index is 0.108. The van der Waals surface area contributed by atoms with Crippen LogP contribution in [0, 0.1) is 17.6 Å². The lowest BCUT2D eigenvalue weighted by molar-refractivity contribution is 0.148. The third-order valence-electron chi connectivity index (χ3n) is 1.93. The van der Waals surface area contributed by atoms with E-state index in [0.717, 1.165) is 12.1 Å². The number of anilines is 1. The number of ether oxygens (including phenoxy) is 1. The summed E-state index contributed by atoms with van der Waals surface area (Å²) in [6.45, 7) is 2.11. The first-order valence-electron chi connectivity index (χ1n) is 4.97. The van der Waals surface area contributed by atoms with Gasteiger partial charge in [-0.2, -0.15) is 0 Å². The number of carbonyl (C=O) groups is 1. The fourth-order valence-corrected chi connectivity index (χ4v) is 1.19. The maximum atomic E-state index is 13.2. The molecule has 1 unspecified atom stereocenters. The van der Waals surface area contributed by atoms with Gasteiger partial charge in [-0.15, -0.1) is 0 Å². The zero-order chi connectivity index (χ0) is 12.8. The van der Waals surface area contributed by atoms with Crippen molar-refractivity contribution in [2.75, 3.05) is 17.3 Å². The molecule has 17 heavy (non-hydrogen) atoms. The van der Waals surface area contributed by atoms with Gasteiger partial charge in [0, 0.05) is 17.3 Å². The van der Waals surface area contributed by atoms with Crippen LogP contribution in [0.25, 0.3) is 0 Å². The molecule has 0 radical (unpaired) electrons. The number of benzene rings is 1. The Bertz CT molecular complexity index is 401. The summed E-state index contributed by atoms with van der Waals surface area (Å²) in [4.78, 5) is 11.3. The van der Waals surface area contributed by atoms with Gasteiger partial charge >= 0.3 is 6.09 Å². The van der Waals surface area contributed by atoms with Crippen molar-refractivity contribution in [3.05, 3.63) is 29.8 Å². The molecule has 6 heteroatoms. The van der Waals surface area contributed by atoms with E-state index in [1.807, 2.05) is 6.92 Å².